The standard InChI is InChI=1S/C15H15N3O3/c1-8-17-11-4-2-3-10(16)14(11)15(21)18(8)12-6-5-9(19)7-13(12)20/h2-4,12H,5-7,16H2,1H3/i1D,2D,5D,6D,12D. The van der Waals surface area contributed by atoms with Gasteiger partial charge in [-0.1, -0.05) is 6.04 Å². The van der Waals surface area contributed by atoms with Gasteiger partial charge in [0.2, 0.25) is 0 Å². The predicted molar refractivity (Wildman–Crippen MR) is 78.1 cm³/mol. The van der Waals surface area contributed by atoms with Crippen LogP contribution in [0.3, 0.4) is 0 Å². The zero-order chi connectivity index (χ0) is 19.4. The van der Waals surface area contributed by atoms with Crippen molar-refractivity contribution in [1.29, 1.82) is 0 Å². The van der Waals surface area contributed by atoms with Crippen molar-refractivity contribution < 1.29 is 16.4 Å². The van der Waals surface area contributed by atoms with Crippen molar-refractivity contribution in [2.45, 2.75) is 32.1 Å². The molecule has 21 heavy (non-hydrogen) atoms. The second-order valence-electron chi connectivity index (χ2n) is 4.62. The fraction of sp³-hybridized carbons (Fsp3) is 0.333. The Kier molecular flexibility index (Phi) is 1.99. The number of rotatable bonds is 1. The Labute approximate surface area is 127 Å². The van der Waals surface area contributed by atoms with Gasteiger partial charge >= 0.3 is 0 Å². The number of benzene rings is 1. The van der Waals surface area contributed by atoms with E-state index < -0.39 is 49.3 Å². The average molecular weight is 290 g/mol. The minimum atomic E-state index is -2.55. The second kappa shape index (κ2) is 4.80. The molecule has 1 heterocycles. The van der Waals surface area contributed by atoms with Crippen LogP contribution in [0.4, 0.5) is 5.69 Å². The number of aromatic nitrogens is 2. The molecule has 1 aromatic carbocycles. The molecule has 1 aliphatic rings. The molecule has 6 nitrogen and oxygen atoms in total. The highest BCUT2D eigenvalue weighted by atomic mass is 16.2. The summed E-state index contributed by atoms with van der Waals surface area (Å²) in [7, 11) is 0. The molecule has 108 valence electrons. The monoisotopic (exact) mass is 290 g/mol. The van der Waals surface area contributed by atoms with Gasteiger partial charge in [-0.15, -0.1) is 0 Å². The van der Waals surface area contributed by atoms with Crippen LogP contribution in [-0.2, 0) is 9.59 Å². The summed E-state index contributed by atoms with van der Waals surface area (Å²) in [5.74, 6) is -2.06. The molecule has 0 spiro atoms. The maximum atomic E-state index is 13.0. The van der Waals surface area contributed by atoms with Crippen LogP contribution in [0.25, 0.3) is 10.9 Å². The number of aryl methyl sites for hydroxylation is 1. The smallest absolute Gasteiger partial charge is 0.264 e. The van der Waals surface area contributed by atoms with Crippen molar-refractivity contribution >= 4 is 28.2 Å². The summed E-state index contributed by atoms with van der Waals surface area (Å²) in [4.78, 5) is 41.2. The van der Waals surface area contributed by atoms with E-state index in [1.165, 1.54) is 12.1 Å². The number of hydrogen-bond acceptors (Lipinski definition) is 5. The van der Waals surface area contributed by atoms with Gasteiger partial charge in [-0.05, 0) is 25.4 Å². The van der Waals surface area contributed by atoms with Crippen LogP contribution in [0, 0.1) is 6.90 Å². The summed E-state index contributed by atoms with van der Waals surface area (Å²) in [5.41, 5.74) is 4.86. The first-order valence-corrected chi connectivity index (χ1v) is 6.15. The number of nitrogen functional groups attached to an aromatic ring is 1. The molecule has 3 unspecified atom stereocenters. The molecule has 0 aliphatic heterocycles. The van der Waals surface area contributed by atoms with Gasteiger partial charge in [0.1, 0.15) is 11.6 Å². The molecule has 1 aliphatic carbocycles. The fourth-order valence-electron chi connectivity index (χ4n) is 2.26. The minimum Gasteiger partial charge on any atom is -0.398 e. The average Bonchev–Trinajstić information content (AvgIpc) is 2.57. The normalized spacial score (nSPS) is 33.0. The molecule has 2 N–H and O–H groups in total. The van der Waals surface area contributed by atoms with Gasteiger partial charge < -0.3 is 5.73 Å². The molecule has 1 saturated carbocycles. The Hall–Kier alpha value is -2.50. The number of nitrogens with zero attached hydrogens (tertiary/aromatic N) is 2. The van der Waals surface area contributed by atoms with E-state index in [1.807, 2.05) is 0 Å². The zero-order valence-electron chi connectivity index (χ0n) is 15.9. The summed E-state index contributed by atoms with van der Waals surface area (Å²) < 4.78 is 40.2. The zero-order valence-corrected chi connectivity index (χ0v) is 10.9. The molecular weight excluding hydrogens is 270 g/mol. The Bertz CT molecular complexity index is 1010. The maximum Gasteiger partial charge on any atom is 0.264 e. The molecular formula is C15H15N3O3. The van der Waals surface area contributed by atoms with Crippen LogP contribution >= 0.6 is 0 Å². The van der Waals surface area contributed by atoms with Gasteiger partial charge in [-0.3, -0.25) is 19.0 Å². The van der Waals surface area contributed by atoms with E-state index >= 15 is 0 Å². The van der Waals surface area contributed by atoms with Gasteiger partial charge in [0.15, 0.2) is 5.78 Å². The molecule has 6 heteroatoms. The molecule has 3 atom stereocenters. The summed E-state index contributed by atoms with van der Waals surface area (Å²) in [6, 6.07) is -0.0729. The van der Waals surface area contributed by atoms with E-state index in [4.69, 9.17) is 12.6 Å². The number of carbonyl (C=O) groups is 2. The molecule has 3 rings (SSSR count). The first-order chi connectivity index (χ1) is 12.1. The van der Waals surface area contributed by atoms with Gasteiger partial charge in [0.25, 0.3) is 5.56 Å². The van der Waals surface area contributed by atoms with Crippen molar-refractivity contribution in [3.8, 4) is 0 Å². The predicted octanol–water partition coefficient (Wildman–Crippen LogP) is 1.15. The second-order valence-corrected chi connectivity index (χ2v) is 4.62. The van der Waals surface area contributed by atoms with Crippen LogP contribution in [0.5, 0.6) is 0 Å². The van der Waals surface area contributed by atoms with Gasteiger partial charge in [0.05, 0.1) is 26.1 Å². The van der Waals surface area contributed by atoms with E-state index in [-0.39, 0.29) is 28.5 Å². The number of fused-ring (bicyclic) bond motifs is 1. The fourth-order valence-corrected chi connectivity index (χ4v) is 2.26. The summed E-state index contributed by atoms with van der Waals surface area (Å²) >= 11 is 0. The Morgan fingerprint density at radius 3 is 3.10 bits per heavy atom. The number of Topliss-reactive ketones (excluding diaryl/α,β-unsaturated/α-hetero) is 2. The number of hydrogen-bond donors (Lipinski definition) is 1. The number of nitrogens with two attached hydrogens (primary N) is 1. The molecule has 0 radical (unpaired) electrons. The number of carbonyl (C=O) groups excluding carboxylic acids is 2. The Morgan fingerprint density at radius 2 is 2.33 bits per heavy atom. The van der Waals surface area contributed by atoms with Crippen LogP contribution in [0.2, 0.25) is 0 Å². The van der Waals surface area contributed by atoms with Gasteiger partial charge in [0, 0.05) is 16.2 Å². The van der Waals surface area contributed by atoms with Gasteiger partial charge in [-0.2, -0.15) is 0 Å². The van der Waals surface area contributed by atoms with Crippen LogP contribution in [0.1, 0.15) is 37.9 Å². The molecule has 0 saturated heterocycles. The highest BCUT2D eigenvalue weighted by Gasteiger charge is 2.30. The van der Waals surface area contributed by atoms with E-state index in [0.717, 1.165) is 0 Å². The van der Waals surface area contributed by atoms with Gasteiger partial charge in [-0.25, -0.2) is 4.98 Å². The first kappa shape index (κ1) is 8.71. The third kappa shape index (κ3) is 2.12. The highest BCUT2D eigenvalue weighted by molar-refractivity contribution is 6.03. The third-order valence-electron chi connectivity index (χ3n) is 3.22. The number of ketones is 2. The minimum absolute atomic E-state index is 0.0000899. The lowest BCUT2D eigenvalue weighted by atomic mass is 9.92. The quantitative estimate of drug-likeness (QED) is 0.628. The molecule has 1 aromatic heterocycles. The third-order valence-corrected chi connectivity index (χ3v) is 3.22. The van der Waals surface area contributed by atoms with Crippen molar-refractivity contribution in [1.82, 2.24) is 9.55 Å². The lowest BCUT2D eigenvalue weighted by molar-refractivity contribution is -0.132. The maximum absolute atomic E-state index is 13.0. The topological polar surface area (TPSA) is 95.0 Å². The largest absolute Gasteiger partial charge is 0.398 e. The molecule has 0 amide bonds. The number of anilines is 1. The van der Waals surface area contributed by atoms with E-state index in [0.29, 0.717) is 4.57 Å². The summed E-state index contributed by atoms with van der Waals surface area (Å²) in [6.45, 7) is -0.579. The van der Waals surface area contributed by atoms with Crippen molar-refractivity contribution in [2.75, 3.05) is 5.73 Å². The summed E-state index contributed by atoms with van der Waals surface area (Å²) in [5, 5.41) is -0.136. The van der Waals surface area contributed by atoms with E-state index in [9.17, 15) is 14.4 Å². The molecule has 0 bridgehead atoms. The van der Waals surface area contributed by atoms with Crippen LogP contribution < -0.4 is 11.3 Å². The first-order valence-electron chi connectivity index (χ1n) is 9.01. The Balaban J connectivity index is 2.41. The van der Waals surface area contributed by atoms with E-state index in [1.54, 1.807) is 0 Å². The van der Waals surface area contributed by atoms with Crippen molar-refractivity contribution in [2.24, 2.45) is 0 Å². The highest BCUT2D eigenvalue weighted by Crippen LogP contribution is 2.24. The lowest BCUT2D eigenvalue weighted by Gasteiger charge is -2.24. The van der Waals surface area contributed by atoms with Crippen molar-refractivity contribution in [3.63, 3.8) is 0 Å². The summed E-state index contributed by atoms with van der Waals surface area (Å²) in [6.07, 6.45) is -4.26. The van der Waals surface area contributed by atoms with Crippen molar-refractivity contribution in [3.05, 3.63) is 34.4 Å². The van der Waals surface area contributed by atoms with Crippen LogP contribution in [-0.4, -0.2) is 21.1 Å². The van der Waals surface area contributed by atoms with Crippen LogP contribution in [0.15, 0.2) is 23.0 Å². The van der Waals surface area contributed by atoms with E-state index in [2.05, 4.69) is 4.98 Å². The SMILES string of the molecule is [2H]Cc1nc2cc([2H])cc(N)c2c(=O)n1C1([2H])C(=O)CC(=O)C([2H])C1[2H]. The molecule has 1 fully saturated rings. The lowest BCUT2D eigenvalue weighted by Crippen LogP contribution is -2.36. The Morgan fingerprint density at radius 1 is 1.52 bits per heavy atom. The molecule has 2 aromatic rings.